The molecule has 2 aromatic rings. The number of carbonyl (C=O) groups is 1. The molecular formula is C13H12N2O3. The van der Waals surface area contributed by atoms with Gasteiger partial charge in [-0.25, -0.2) is 9.78 Å². The van der Waals surface area contributed by atoms with Gasteiger partial charge in [0.05, 0.1) is 5.69 Å². The molecule has 0 saturated heterocycles. The second kappa shape index (κ2) is 5.27. The van der Waals surface area contributed by atoms with Gasteiger partial charge in [0, 0.05) is 18.0 Å². The number of rotatable bonds is 4. The van der Waals surface area contributed by atoms with Crippen molar-refractivity contribution >= 4 is 5.97 Å². The van der Waals surface area contributed by atoms with E-state index in [0.717, 1.165) is 0 Å². The van der Waals surface area contributed by atoms with Gasteiger partial charge < -0.3 is 9.84 Å². The van der Waals surface area contributed by atoms with Gasteiger partial charge in [0.25, 0.3) is 0 Å². The fourth-order valence-corrected chi connectivity index (χ4v) is 1.51. The highest BCUT2D eigenvalue weighted by molar-refractivity contribution is 5.74. The Bertz CT molecular complexity index is 543. The van der Waals surface area contributed by atoms with Crippen LogP contribution in [-0.2, 0) is 4.79 Å². The van der Waals surface area contributed by atoms with Crippen LogP contribution in [0.5, 0.6) is 5.88 Å². The minimum absolute atomic E-state index is 0.230. The molecule has 1 N–H and O–H groups in total. The maximum atomic E-state index is 11.2. The molecule has 1 heterocycles. The monoisotopic (exact) mass is 244 g/mol. The number of ether oxygens (including phenoxy) is 1. The molecule has 1 unspecified atom stereocenters. The molecular weight excluding hydrogens is 232 g/mol. The second-order valence-electron chi connectivity index (χ2n) is 3.69. The van der Waals surface area contributed by atoms with E-state index in [4.69, 9.17) is 4.74 Å². The topological polar surface area (TPSA) is 72.3 Å². The molecule has 2 rings (SSSR count). The highest BCUT2D eigenvalue weighted by atomic mass is 16.5. The number of nitrogens with zero attached hydrogens (tertiary/aromatic N) is 2. The van der Waals surface area contributed by atoms with Crippen LogP contribution in [0, 0.1) is 6.92 Å². The van der Waals surface area contributed by atoms with E-state index in [0.29, 0.717) is 11.3 Å². The van der Waals surface area contributed by atoms with Crippen molar-refractivity contribution in [1.82, 2.24) is 9.97 Å². The first-order valence-corrected chi connectivity index (χ1v) is 5.40. The molecule has 18 heavy (non-hydrogen) atoms. The lowest BCUT2D eigenvalue weighted by atomic mass is 10.1. The third kappa shape index (κ3) is 2.63. The maximum Gasteiger partial charge on any atom is 0.349 e. The molecule has 1 atom stereocenters. The molecule has 0 spiro atoms. The summed E-state index contributed by atoms with van der Waals surface area (Å²) >= 11 is 0. The Labute approximate surface area is 104 Å². The summed E-state index contributed by atoms with van der Waals surface area (Å²) in [4.78, 5) is 19.2. The zero-order chi connectivity index (χ0) is 13.0. The molecule has 0 fully saturated rings. The number of aromatic nitrogens is 2. The summed E-state index contributed by atoms with van der Waals surface area (Å²) in [5, 5.41) is 9.21. The van der Waals surface area contributed by atoms with E-state index in [-0.39, 0.29) is 5.88 Å². The van der Waals surface area contributed by atoms with Crippen LogP contribution in [0.3, 0.4) is 0 Å². The van der Waals surface area contributed by atoms with Crippen LogP contribution in [0.15, 0.2) is 42.7 Å². The summed E-state index contributed by atoms with van der Waals surface area (Å²) in [6.45, 7) is 1.71. The standard InChI is InChI=1S/C13H12N2O3/c1-9-12(15-8-7-14-9)18-11(13(16)17)10-5-3-2-4-6-10/h2-8,11H,1H3,(H,16,17). The first-order chi connectivity index (χ1) is 8.68. The summed E-state index contributed by atoms with van der Waals surface area (Å²) in [6.07, 6.45) is 1.91. The number of carboxylic acids is 1. The Morgan fingerprint density at radius 1 is 1.22 bits per heavy atom. The van der Waals surface area contributed by atoms with Gasteiger partial charge in [-0.3, -0.25) is 4.98 Å². The Balaban J connectivity index is 2.28. The van der Waals surface area contributed by atoms with E-state index in [1.807, 2.05) is 6.07 Å². The molecule has 0 saturated carbocycles. The third-order valence-corrected chi connectivity index (χ3v) is 2.39. The summed E-state index contributed by atoms with van der Waals surface area (Å²) < 4.78 is 5.42. The van der Waals surface area contributed by atoms with E-state index < -0.39 is 12.1 Å². The smallest absolute Gasteiger partial charge is 0.349 e. The minimum atomic E-state index is -1.08. The van der Waals surface area contributed by atoms with Crippen molar-refractivity contribution in [2.45, 2.75) is 13.0 Å². The van der Waals surface area contributed by atoms with Crippen LogP contribution >= 0.6 is 0 Å². The molecule has 92 valence electrons. The molecule has 0 amide bonds. The third-order valence-electron chi connectivity index (χ3n) is 2.39. The van der Waals surface area contributed by atoms with Crippen molar-refractivity contribution in [3.63, 3.8) is 0 Å². The number of carboxylic acid groups (broad SMARTS) is 1. The Hall–Kier alpha value is -2.43. The van der Waals surface area contributed by atoms with Gasteiger partial charge in [-0.1, -0.05) is 30.3 Å². The number of aryl methyl sites for hydroxylation is 1. The van der Waals surface area contributed by atoms with E-state index in [1.165, 1.54) is 12.4 Å². The van der Waals surface area contributed by atoms with Crippen molar-refractivity contribution in [2.24, 2.45) is 0 Å². The molecule has 5 nitrogen and oxygen atoms in total. The molecule has 0 radical (unpaired) electrons. The normalized spacial score (nSPS) is 11.8. The summed E-state index contributed by atoms with van der Waals surface area (Å²) in [5.74, 6) is -0.833. The zero-order valence-electron chi connectivity index (χ0n) is 9.78. The van der Waals surface area contributed by atoms with E-state index in [9.17, 15) is 9.90 Å². The average molecular weight is 244 g/mol. The van der Waals surface area contributed by atoms with Crippen molar-refractivity contribution in [1.29, 1.82) is 0 Å². The quantitative estimate of drug-likeness (QED) is 0.890. The van der Waals surface area contributed by atoms with Crippen LogP contribution in [0.1, 0.15) is 17.4 Å². The lowest BCUT2D eigenvalue weighted by Gasteiger charge is -2.15. The fourth-order valence-electron chi connectivity index (χ4n) is 1.51. The maximum absolute atomic E-state index is 11.2. The predicted octanol–water partition coefficient (Wildman–Crippen LogP) is 1.99. The zero-order valence-corrected chi connectivity index (χ0v) is 9.78. The largest absolute Gasteiger partial charge is 0.478 e. The van der Waals surface area contributed by atoms with Crippen LogP contribution in [0.4, 0.5) is 0 Å². The molecule has 1 aromatic carbocycles. The SMILES string of the molecule is Cc1nccnc1OC(C(=O)O)c1ccccc1. The summed E-state index contributed by atoms with van der Waals surface area (Å²) in [7, 11) is 0. The predicted molar refractivity (Wildman–Crippen MR) is 64.2 cm³/mol. The lowest BCUT2D eigenvalue weighted by molar-refractivity contribution is -0.145. The van der Waals surface area contributed by atoms with E-state index in [2.05, 4.69) is 9.97 Å². The van der Waals surface area contributed by atoms with Gasteiger partial charge in [0.1, 0.15) is 0 Å². The first-order valence-electron chi connectivity index (χ1n) is 5.40. The second-order valence-corrected chi connectivity index (χ2v) is 3.69. The van der Waals surface area contributed by atoms with Crippen LogP contribution in [0.25, 0.3) is 0 Å². The molecule has 0 aliphatic carbocycles. The number of aliphatic carboxylic acids is 1. The van der Waals surface area contributed by atoms with E-state index in [1.54, 1.807) is 31.2 Å². The Morgan fingerprint density at radius 3 is 2.50 bits per heavy atom. The van der Waals surface area contributed by atoms with Crippen molar-refractivity contribution in [3.05, 3.63) is 54.0 Å². The van der Waals surface area contributed by atoms with Gasteiger partial charge >= 0.3 is 5.97 Å². The fraction of sp³-hybridized carbons (Fsp3) is 0.154. The first kappa shape index (κ1) is 12.0. The average Bonchev–Trinajstić information content (AvgIpc) is 2.38. The van der Waals surface area contributed by atoms with Gasteiger partial charge in [0.2, 0.25) is 12.0 Å². The van der Waals surface area contributed by atoms with Gasteiger partial charge in [-0.2, -0.15) is 0 Å². The van der Waals surface area contributed by atoms with E-state index >= 15 is 0 Å². The molecule has 0 aliphatic rings. The van der Waals surface area contributed by atoms with Crippen LogP contribution in [-0.4, -0.2) is 21.0 Å². The number of hydrogen-bond acceptors (Lipinski definition) is 4. The lowest BCUT2D eigenvalue weighted by Crippen LogP contribution is -2.19. The van der Waals surface area contributed by atoms with Crippen LogP contribution in [0.2, 0.25) is 0 Å². The minimum Gasteiger partial charge on any atom is -0.478 e. The molecule has 0 bridgehead atoms. The van der Waals surface area contributed by atoms with Gasteiger partial charge in [-0.05, 0) is 6.92 Å². The molecule has 1 aromatic heterocycles. The van der Waals surface area contributed by atoms with Gasteiger partial charge in [-0.15, -0.1) is 0 Å². The summed E-state index contributed by atoms with van der Waals surface area (Å²) in [5.41, 5.74) is 1.12. The van der Waals surface area contributed by atoms with Crippen molar-refractivity contribution in [2.75, 3.05) is 0 Å². The highest BCUT2D eigenvalue weighted by Crippen LogP contribution is 2.21. The van der Waals surface area contributed by atoms with Crippen molar-refractivity contribution in [3.8, 4) is 5.88 Å². The summed E-state index contributed by atoms with van der Waals surface area (Å²) in [6, 6.07) is 8.74. The van der Waals surface area contributed by atoms with Crippen LogP contribution < -0.4 is 4.74 Å². The Morgan fingerprint density at radius 2 is 1.89 bits per heavy atom. The molecule has 5 heteroatoms. The Kier molecular flexibility index (Phi) is 3.52. The number of benzene rings is 1. The van der Waals surface area contributed by atoms with Crippen molar-refractivity contribution < 1.29 is 14.6 Å². The molecule has 0 aliphatic heterocycles. The number of hydrogen-bond donors (Lipinski definition) is 1. The van der Waals surface area contributed by atoms with Gasteiger partial charge in [0.15, 0.2) is 0 Å². The highest BCUT2D eigenvalue weighted by Gasteiger charge is 2.22.